The van der Waals surface area contributed by atoms with Gasteiger partial charge in [0, 0.05) is 23.2 Å². The number of aromatic hydroxyl groups is 1. The van der Waals surface area contributed by atoms with Crippen molar-refractivity contribution in [1.82, 2.24) is 9.66 Å². The smallest absolute Gasteiger partial charge is 0.279 e. The number of carbonyl (C=O) groups is 2. The maximum atomic E-state index is 12.4. The zero-order valence-electron chi connectivity index (χ0n) is 14.0. The summed E-state index contributed by atoms with van der Waals surface area (Å²) in [6, 6.07) is 8.53. The molecule has 1 aliphatic rings. The summed E-state index contributed by atoms with van der Waals surface area (Å²) in [5.41, 5.74) is 4.14. The largest absolute Gasteiger partial charge is 0.492 e. The van der Waals surface area contributed by atoms with Crippen LogP contribution in [-0.4, -0.2) is 26.6 Å². The van der Waals surface area contributed by atoms with Crippen LogP contribution >= 0.6 is 23.6 Å². The fourth-order valence-electron chi connectivity index (χ4n) is 2.74. The minimum absolute atomic E-state index is 0.200. The second kappa shape index (κ2) is 6.53. The first-order valence-electron chi connectivity index (χ1n) is 7.86. The Morgan fingerprint density at radius 1 is 1.26 bits per heavy atom. The number of nitrogens with zero attached hydrogens (tertiary/aromatic N) is 3. The van der Waals surface area contributed by atoms with Gasteiger partial charge in [0.15, 0.2) is 3.95 Å². The predicted molar refractivity (Wildman–Crippen MR) is 102 cm³/mol. The van der Waals surface area contributed by atoms with Crippen LogP contribution in [0.5, 0.6) is 5.88 Å². The van der Waals surface area contributed by atoms with Gasteiger partial charge in [-0.15, -0.1) is 0 Å². The molecule has 4 rings (SSSR count). The Labute approximate surface area is 161 Å². The number of thiazole rings is 1. The Morgan fingerprint density at radius 2 is 2.00 bits per heavy atom. The van der Waals surface area contributed by atoms with E-state index in [1.54, 1.807) is 6.07 Å². The number of fused-ring (bicyclic) bond motifs is 1. The molecule has 0 spiro atoms. The van der Waals surface area contributed by atoms with Crippen molar-refractivity contribution in [3.05, 3.63) is 73.3 Å². The molecule has 0 saturated heterocycles. The Balaban J connectivity index is 1.82. The van der Waals surface area contributed by atoms with Crippen LogP contribution in [0.15, 0.2) is 47.7 Å². The molecular weight excluding hydrogens is 384 g/mol. The number of carbonyl (C=O) groups excluding carboxylic acids is 2. The number of rotatable bonds is 3. The Bertz CT molecular complexity index is 1280. The maximum Gasteiger partial charge on any atom is 0.279 e. The van der Waals surface area contributed by atoms with E-state index in [0.29, 0.717) is 16.1 Å². The number of hydrogen-bond donors (Lipinski definition) is 2. The fourth-order valence-corrected chi connectivity index (χ4v) is 4.01. The molecule has 0 fully saturated rings. The van der Waals surface area contributed by atoms with Crippen molar-refractivity contribution < 1.29 is 14.7 Å². The molecule has 0 bridgehead atoms. The van der Waals surface area contributed by atoms with Gasteiger partial charge in [-0.05, 0) is 43.4 Å². The van der Waals surface area contributed by atoms with E-state index in [2.05, 4.69) is 15.4 Å². The van der Waals surface area contributed by atoms with Crippen LogP contribution in [0.25, 0.3) is 5.57 Å². The van der Waals surface area contributed by atoms with Crippen molar-refractivity contribution in [1.29, 1.82) is 0 Å². The molecule has 2 N–H and O–H groups in total. The summed E-state index contributed by atoms with van der Waals surface area (Å²) in [7, 11) is 0. The fraction of sp³-hybridized carbons (Fsp3) is 0.0556. The van der Waals surface area contributed by atoms with Gasteiger partial charge in [-0.2, -0.15) is 4.68 Å². The van der Waals surface area contributed by atoms with Gasteiger partial charge in [0.05, 0.1) is 10.9 Å². The van der Waals surface area contributed by atoms with E-state index in [4.69, 9.17) is 12.2 Å². The van der Waals surface area contributed by atoms with Gasteiger partial charge in [-0.3, -0.25) is 20.0 Å². The minimum Gasteiger partial charge on any atom is -0.492 e. The molecule has 1 aliphatic heterocycles. The number of aromatic nitrogens is 2. The molecule has 0 aliphatic carbocycles. The number of pyridine rings is 1. The molecule has 134 valence electrons. The third kappa shape index (κ3) is 2.96. The van der Waals surface area contributed by atoms with Gasteiger partial charge in [0.2, 0.25) is 5.88 Å². The second-order valence-corrected chi connectivity index (χ2v) is 7.49. The lowest BCUT2D eigenvalue weighted by Crippen LogP contribution is -2.24. The molecule has 2 amide bonds. The molecule has 27 heavy (non-hydrogen) atoms. The third-order valence-electron chi connectivity index (χ3n) is 4.03. The summed E-state index contributed by atoms with van der Waals surface area (Å²) in [4.78, 5) is 32.9. The monoisotopic (exact) mass is 396 g/mol. The van der Waals surface area contributed by atoms with Crippen LogP contribution in [-0.2, 0) is 4.79 Å². The van der Waals surface area contributed by atoms with E-state index in [1.807, 2.05) is 19.1 Å². The molecule has 7 nitrogen and oxygen atoms in total. The quantitative estimate of drug-likeness (QED) is 0.653. The molecule has 9 heteroatoms. The molecule has 1 aromatic carbocycles. The Kier molecular flexibility index (Phi) is 4.17. The minimum atomic E-state index is -0.461. The summed E-state index contributed by atoms with van der Waals surface area (Å²) < 4.78 is 1.29. The number of nitrogens with one attached hydrogen (secondary N) is 1. The third-order valence-corrected chi connectivity index (χ3v) is 5.41. The summed E-state index contributed by atoms with van der Waals surface area (Å²) >= 11 is 6.30. The zero-order valence-corrected chi connectivity index (χ0v) is 15.6. The summed E-state index contributed by atoms with van der Waals surface area (Å²) in [5.74, 6) is -1.22. The first kappa shape index (κ1) is 17.3. The molecule has 2 aromatic heterocycles. The average molecular weight is 396 g/mol. The average Bonchev–Trinajstić information content (AvgIpc) is 3.12. The van der Waals surface area contributed by atoms with E-state index < -0.39 is 11.8 Å². The van der Waals surface area contributed by atoms with Crippen LogP contribution in [0.1, 0.15) is 20.8 Å². The van der Waals surface area contributed by atoms with Gasteiger partial charge in [0.25, 0.3) is 11.8 Å². The highest BCUT2D eigenvalue weighted by atomic mass is 32.1. The van der Waals surface area contributed by atoms with Crippen LogP contribution in [0.3, 0.4) is 0 Å². The van der Waals surface area contributed by atoms with E-state index in [-0.39, 0.29) is 20.3 Å². The van der Waals surface area contributed by atoms with Crippen molar-refractivity contribution in [2.45, 2.75) is 6.92 Å². The Hall–Kier alpha value is -3.17. The van der Waals surface area contributed by atoms with Gasteiger partial charge in [-0.25, -0.2) is 4.99 Å². The maximum absolute atomic E-state index is 12.4. The summed E-state index contributed by atoms with van der Waals surface area (Å²) in [6.07, 6.45) is 2.97. The molecule has 0 saturated carbocycles. The van der Waals surface area contributed by atoms with Gasteiger partial charge >= 0.3 is 0 Å². The van der Waals surface area contributed by atoms with Gasteiger partial charge < -0.3 is 5.11 Å². The number of amides is 2. The van der Waals surface area contributed by atoms with E-state index in [0.717, 1.165) is 21.6 Å². The van der Waals surface area contributed by atoms with E-state index in [9.17, 15) is 14.7 Å². The van der Waals surface area contributed by atoms with Gasteiger partial charge in [0.1, 0.15) is 4.88 Å². The van der Waals surface area contributed by atoms with Crippen molar-refractivity contribution in [2.75, 3.05) is 5.43 Å². The first-order valence-corrected chi connectivity index (χ1v) is 9.09. The lowest BCUT2D eigenvalue weighted by Gasteiger charge is -2.07. The lowest BCUT2D eigenvalue weighted by atomic mass is 10.1. The summed E-state index contributed by atoms with van der Waals surface area (Å²) in [5, 5.41) is 11.8. The first-order chi connectivity index (χ1) is 13.0. The summed E-state index contributed by atoms with van der Waals surface area (Å²) in [6.45, 7) is 1.91. The topological polar surface area (TPSA) is 96.6 Å². The highest BCUT2D eigenvalue weighted by Gasteiger charge is 2.26. The number of benzene rings is 1. The standard InChI is InChI=1S/C18H12N4O3S2/c1-9-2-3-12-11(8-9)13(16(24)20-12)14-17(25)22(18(26)27-14)21-15(23)10-4-6-19-7-5-10/h2-8,25H,1H3,(H,21,23). The van der Waals surface area contributed by atoms with Crippen molar-refractivity contribution in [3.8, 4) is 5.88 Å². The molecule has 3 heterocycles. The lowest BCUT2D eigenvalue weighted by molar-refractivity contribution is -0.112. The van der Waals surface area contributed by atoms with Crippen LogP contribution in [0.2, 0.25) is 0 Å². The van der Waals surface area contributed by atoms with Crippen molar-refractivity contribution in [3.63, 3.8) is 0 Å². The normalized spacial score (nSPS) is 12.6. The molecule has 0 radical (unpaired) electrons. The molecular formula is C18H12N4O3S2. The highest BCUT2D eigenvalue weighted by molar-refractivity contribution is 7.73. The van der Waals surface area contributed by atoms with Crippen molar-refractivity contribution in [2.24, 2.45) is 4.99 Å². The van der Waals surface area contributed by atoms with Crippen LogP contribution in [0, 0.1) is 10.9 Å². The zero-order chi connectivity index (χ0) is 19.1. The Morgan fingerprint density at radius 3 is 2.74 bits per heavy atom. The van der Waals surface area contributed by atoms with Gasteiger partial charge in [-0.1, -0.05) is 23.0 Å². The van der Waals surface area contributed by atoms with Crippen molar-refractivity contribution >= 4 is 40.9 Å². The van der Waals surface area contributed by atoms with Crippen LogP contribution < -0.4 is 16.0 Å². The SMILES string of the molecule is Cc1ccc2c(c1)=C(c1sc(=S)n(NC(=O)c3ccncc3)c1O)C(=O)N=2. The molecule has 3 aromatic rings. The second-order valence-electron chi connectivity index (χ2n) is 5.85. The number of hydrogen-bond acceptors (Lipinski definition) is 6. The molecule has 0 unspecified atom stereocenters. The van der Waals surface area contributed by atoms with E-state index in [1.165, 1.54) is 24.5 Å². The number of aryl methyl sites for hydroxylation is 1. The van der Waals surface area contributed by atoms with E-state index >= 15 is 0 Å². The van der Waals surface area contributed by atoms with Crippen LogP contribution in [0.4, 0.5) is 0 Å². The predicted octanol–water partition coefficient (Wildman–Crippen LogP) is 1.43. The highest BCUT2D eigenvalue weighted by Crippen LogP contribution is 2.31. The molecule has 0 atom stereocenters.